The molecule has 0 atom stereocenters. The summed E-state index contributed by atoms with van der Waals surface area (Å²) in [5, 5.41) is 3.05. The predicted molar refractivity (Wildman–Crippen MR) is 87.4 cm³/mol. The molecule has 3 N–H and O–H groups in total. The smallest absolute Gasteiger partial charge is 0.244 e. The highest BCUT2D eigenvalue weighted by Gasteiger charge is 2.38. The third-order valence-corrected chi connectivity index (χ3v) is 4.59. The van der Waals surface area contributed by atoms with Gasteiger partial charge in [0.15, 0.2) is 0 Å². The van der Waals surface area contributed by atoms with Crippen LogP contribution in [0.5, 0.6) is 0 Å². The van der Waals surface area contributed by atoms with E-state index in [1.807, 2.05) is 32.0 Å². The highest BCUT2D eigenvalue weighted by atomic mass is 16.2. The van der Waals surface area contributed by atoms with E-state index in [9.17, 15) is 4.79 Å². The van der Waals surface area contributed by atoms with Gasteiger partial charge in [0.25, 0.3) is 0 Å². The molecule has 0 unspecified atom stereocenters. The van der Waals surface area contributed by atoms with Crippen LogP contribution in [0, 0.1) is 13.8 Å². The number of nitrogens with one attached hydrogen (secondary N) is 1. The van der Waals surface area contributed by atoms with Crippen molar-refractivity contribution in [2.45, 2.75) is 52.1 Å². The summed E-state index contributed by atoms with van der Waals surface area (Å²) in [4.78, 5) is 15.0. The van der Waals surface area contributed by atoms with Gasteiger partial charge in [-0.2, -0.15) is 0 Å². The molecule has 1 amide bonds. The summed E-state index contributed by atoms with van der Waals surface area (Å²) >= 11 is 0. The largest absolute Gasteiger partial charge is 0.324 e. The fraction of sp³-hybridized carbons (Fsp3) is 0.588. The lowest BCUT2D eigenvalue weighted by atomic mass is 9.87. The first-order valence-corrected chi connectivity index (χ1v) is 7.74. The van der Waals surface area contributed by atoms with E-state index in [-0.39, 0.29) is 5.91 Å². The Morgan fingerprint density at radius 1 is 1.24 bits per heavy atom. The van der Waals surface area contributed by atoms with Crippen LogP contribution in [0.2, 0.25) is 0 Å². The van der Waals surface area contributed by atoms with Crippen LogP contribution in [0.1, 0.15) is 37.8 Å². The van der Waals surface area contributed by atoms with E-state index < -0.39 is 5.54 Å². The van der Waals surface area contributed by atoms with Crippen molar-refractivity contribution >= 4 is 11.6 Å². The van der Waals surface area contributed by atoms with Crippen molar-refractivity contribution in [1.82, 2.24) is 4.90 Å². The van der Waals surface area contributed by atoms with Crippen LogP contribution in [0.3, 0.4) is 0 Å². The molecule has 1 aliphatic heterocycles. The number of likely N-dealkylation sites (tertiary alicyclic amines) is 1. The summed E-state index contributed by atoms with van der Waals surface area (Å²) in [5.74, 6) is -0.0525. The first kappa shape index (κ1) is 16.0. The zero-order chi connectivity index (χ0) is 15.6. The minimum atomic E-state index is -0.750. The number of nitrogens with zero attached hydrogens (tertiary/aromatic N) is 1. The molecular formula is C17H27N3O. The molecule has 4 nitrogen and oxygen atoms in total. The minimum absolute atomic E-state index is 0.0525. The Balaban J connectivity index is 2.07. The molecule has 1 aromatic rings. The quantitative estimate of drug-likeness (QED) is 0.898. The topological polar surface area (TPSA) is 58.4 Å². The maximum Gasteiger partial charge on any atom is 0.244 e. The molecule has 1 heterocycles. The maximum atomic E-state index is 12.6. The first-order valence-electron chi connectivity index (χ1n) is 7.74. The van der Waals surface area contributed by atoms with Gasteiger partial charge < -0.3 is 16.0 Å². The molecule has 1 saturated heterocycles. The van der Waals surface area contributed by atoms with Crippen LogP contribution < -0.4 is 11.1 Å². The van der Waals surface area contributed by atoms with Crippen molar-refractivity contribution in [1.29, 1.82) is 0 Å². The number of para-hydroxylation sites is 1. The Morgan fingerprint density at radius 2 is 1.76 bits per heavy atom. The molecule has 0 radical (unpaired) electrons. The average Bonchev–Trinajstić information content (AvgIpc) is 2.43. The van der Waals surface area contributed by atoms with E-state index in [4.69, 9.17) is 5.73 Å². The lowest BCUT2D eigenvalue weighted by molar-refractivity contribution is -0.123. The maximum absolute atomic E-state index is 12.6. The molecule has 1 aliphatic rings. The zero-order valence-electron chi connectivity index (χ0n) is 13.6. The summed E-state index contributed by atoms with van der Waals surface area (Å²) < 4.78 is 0. The van der Waals surface area contributed by atoms with E-state index in [1.54, 1.807) is 0 Å². The van der Waals surface area contributed by atoms with Gasteiger partial charge in [-0.05, 0) is 51.7 Å². The SMILES string of the molecule is Cc1cccc(C)c1NC(=O)C1(N)CCN(C(C)C)CC1. The summed E-state index contributed by atoms with van der Waals surface area (Å²) in [7, 11) is 0. The number of piperidine rings is 1. The van der Waals surface area contributed by atoms with Gasteiger partial charge in [0, 0.05) is 24.8 Å². The Bertz CT molecular complexity index is 497. The van der Waals surface area contributed by atoms with Gasteiger partial charge in [-0.3, -0.25) is 4.79 Å². The van der Waals surface area contributed by atoms with Gasteiger partial charge in [-0.15, -0.1) is 0 Å². The van der Waals surface area contributed by atoms with Gasteiger partial charge in [-0.25, -0.2) is 0 Å². The number of nitrogens with two attached hydrogens (primary N) is 1. The van der Waals surface area contributed by atoms with Crippen molar-refractivity contribution in [2.24, 2.45) is 5.73 Å². The third-order valence-electron chi connectivity index (χ3n) is 4.59. The van der Waals surface area contributed by atoms with Crippen molar-refractivity contribution in [3.8, 4) is 0 Å². The molecule has 2 rings (SSSR count). The molecule has 0 aromatic heterocycles. The highest BCUT2D eigenvalue weighted by molar-refractivity contribution is 5.99. The Morgan fingerprint density at radius 3 is 2.24 bits per heavy atom. The second-order valence-corrected chi connectivity index (χ2v) is 6.51. The van der Waals surface area contributed by atoms with Crippen LogP contribution in [-0.4, -0.2) is 35.5 Å². The number of amides is 1. The molecule has 0 spiro atoms. The summed E-state index contributed by atoms with van der Waals surface area (Å²) in [5.41, 5.74) is 8.68. The monoisotopic (exact) mass is 289 g/mol. The van der Waals surface area contributed by atoms with Crippen molar-refractivity contribution in [2.75, 3.05) is 18.4 Å². The van der Waals surface area contributed by atoms with Crippen LogP contribution in [-0.2, 0) is 4.79 Å². The second kappa shape index (κ2) is 6.16. The molecule has 4 heteroatoms. The predicted octanol–water partition coefficient (Wildman–Crippen LogP) is 2.44. The first-order chi connectivity index (χ1) is 9.83. The molecule has 0 bridgehead atoms. The number of hydrogen-bond acceptors (Lipinski definition) is 3. The molecule has 116 valence electrons. The number of hydrogen-bond donors (Lipinski definition) is 2. The van der Waals surface area contributed by atoms with Crippen molar-refractivity contribution in [3.63, 3.8) is 0 Å². The lowest BCUT2D eigenvalue weighted by Gasteiger charge is -2.39. The number of aryl methyl sites for hydroxylation is 2. The standard InChI is InChI=1S/C17H27N3O/c1-12(2)20-10-8-17(18,9-11-20)16(21)19-15-13(3)6-5-7-14(15)4/h5-7,12H,8-11,18H2,1-4H3,(H,19,21). The van der Waals surface area contributed by atoms with Crippen molar-refractivity contribution < 1.29 is 4.79 Å². The number of carbonyl (C=O) groups excluding carboxylic acids is 1. The van der Waals surface area contributed by atoms with Gasteiger partial charge in [-0.1, -0.05) is 18.2 Å². The van der Waals surface area contributed by atoms with Crippen LogP contribution in [0.15, 0.2) is 18.2 Å². The summed E-state index contributed by atoms with van der Waals surface area (Å²) in [6, 6.07) is 6.52. The lowest BCUT2D eigenvalue weighted by Crippen LogP contribution is -2.58. The Labute approximate surface area is 127 Å². The number of anilines is 1. The summed E-state index contributed by atoms with van der Waals surface area (Å²) in [6.45, 7) is 10.1. The number of benzene rings is 1. The highest BCUT2D eigenvalue weighted by Crippen LogP contribution is 2.25. The number of rotatable bonds is 3. The molecule has 1 aromatic carbocycles. The van der Waals surface area contributed by atoms with Gasteiger partial charge in [0.05, 0.1) is 5.54 Å². The zero-order valence-corrected chi connectivity index (χ0v) is 13.6. The molecule has 0 aliphatic carbocycles. The van der Waals surface area contributed by atoms with E-state index in [2.05, 4.69) is 24.1 Å². The van der Waals surface area contributed by atoms with E-state index in [1.165, 1.54) is 0 Å². The minimum Gasteiger partial charge on any atom is -0.324 e. The normalized spacial score (nSPS) is 18.8. The van der Waals surface area contributed by atoms with E-state index in [0.29, 0.717) is 18.9 Å². The van der Waals surface area contributed by atoms with Crippen molar-refractivity contribution in [3.05, 3.63) is 29.3 Å². The van der Waals surface area contributed by atoms with Gasteiger partial charge in [0.2, 0.25) is 5.91 Å². The Hall–Kier alpha value is -1.39. The average molecular weight is 289 g/mol. The fourth-order valence-corrected chi connectivity index (χ4v) is 2.92. The second-order valence-electron chi connectivity index (χ2n) is 6.51. The molecule has 0 saturated carbocycles. The molecule has 21 heavy (non-hydrogen) atoms. The van der Waals surface area contributed by atoms with Gasteiger partial charge in [0.1, 0.15) is 0 Å². The summed E-state index contributed by atoms with van der Waals surface area (Å²) in [6.07, 6.45) is 1.42. The molecule has 1 fully saturated rings. The number of carbonyl (C=O) groups is 1. The third kappa shape index (κ3) is 3.44. The van der Waals surface area contributed by atoms with E-state index >= 15 is 0 Å². The van der Waals surface area contributed by atoms with Gasteiger partial charge >= 0.3 is 0 Å². The van der Waals surface area contributed by atoms with Crippen LogP contribution in [0.4, 0.5) is 5.69 Å². The van der Waals surface area contributed by atoms with E-state index in [0.717, 1.165) is 29.9 Å². The Kier molecular flexibility index (Phi) is 4.69. The van der Waals surface area contributed by atoms with Crippen LogP contribution >= 0.6 is 0 Å². The fourth-order valence-electron chi connectivity index (χ4n) is 2.92. The van der Waals surface area contributed by atoms with Crippen LogP contribution in [0.25, 0.3) is 0 Å². The molecular weight excluding hydrogens is 262 g/mol.